The van der Waals surface area contributed by atoms with Gasteiger partial charge >= 0.3 is 8.80 Å². The summed E-state index contributed by atoms with van der Waals surface area (Å²) in [5.41, 5.74) is 0. The molecule has 0 N–H and O–H groups in total. The van der Waals surface area contributed by atoms with E-state index < -0.39 is 8.80 Å². The number of rotatable bonds is 15. The molecule has 122 valence electrons. The van der Waals surface area contributed by atoms with Gasteiger partial charge in [-0.25, -0.2) is 0 Å². The Hall–Kier alpha value is 0.577. The van der Waals surface area contributed by atoms with E-state index in [2.05, 4.69) is 15.9 Å². The van der Waals surface area contributed by atoms with E-state index >= 15 is 0 Å². The molecule has 0 saturated carbocycles. The van der Waals surface area contributed by atoms with Gasteiger partial charge in [0.05, 0.1) is 0 Å². The molecule has 0 aromatic rings. The van der Waals surface area contributed by atoms with E-state index in [4.69, 9.17) is 13.3 Å². The summed E-state index contributed by atoms with van der Waals surface area (Å²) in [6.07, 6.45) is 13.4. The van der Waals surface area contributed by atoms with Gasteiger partial charge < -0.3 is 13.3 Å². The normalized spacial score (nSPS) is 12.0. The van der Waals surface area contributed by atoms with Gasteiger partial charge in [0.1, 0.15) is 0 Å². The highest BCUT2D eigenvalue weighted by molar-refractivity contribution is 9.09. The average Bonchev–Trinajstić information content (AvgIpc) is 2.49. The van der Waals surface area contributed by atoms with Crippen LogP contribution in [0.5, 0.6) is 0 Å². The second-order valence-corrected chi connectivity index (χ2v) is 9.15. The van der Waals surface area contributed by atoms with Gasteiger partial charge in [0, 0.05) is 32.7 Å². The van der Waals surface area contributed by atoms with Gasteiger partial charge in [-0.2, -0.15) is 0 Å². The predicted octanol–water partition coefficient (Wildman–Crippen LogP) is 5.16. The minimum atomic E-state index is -2.32. The molecule has 0 fully saturated rings. The van der Waals surface area contributed by atoms with Gasteiger partial charge in [-0.05, 0) is 12.8 Å². The van der Waals surface area contributed by atoms with Gasteiger partial charge in [0.15, 0.2) is 0 Å². The molecule has 0 saturated heterocycles. The zero-order valence-electron chi connectivity index (χ0n) is 13.6. The number of halogens is 1. The minimum absolute atomic E-state index is 0.934. The van der Waals surface area contributed by atoms with Crippen LogP contribution in [0.1, 0.15) is 64.2 Å². The first-order chi connectivity index (χ1) is 9.74. The van der Waals surface area contributed by atoms with Crippen molar-refractivity contribution in [3.63, 3.8) is 0 Å². The third kappa shape index (κ3) is 10.3. The minimum Gasteiger partial charge on any atom is -0.377 e. The lowest BCUT2D eigenvalue weighted by atomic mass is 10.1. The number of alkyl halides is 1. The molecule has 20 heavy (non-hydrogen) atoms. The third-order valence-corrected chi connectivity index (χ3v) is 7.19. The molecule has 0 aromatic carbocycles. The van der Waals surface area contributed by atoms with E-state index in [0.29, 0.717) is 0 Å². The van der Waals surface area contributed by atoms with Crippen LogP contribution in [0, 0.1) is 0 Å². The Kier molecular flexibility index (Phi) is 14.9. The van der Waals surface area contributed by atoms with Gasteiger partial charge in [0.25, 0.3) is 0 Å². The number of hydrogen-bond donors (Lipinski definition) is 0. The summed E-state index contributed by atoms with van der Waals surface area (Å²) in [7, 11) is 2.75. The first kappa shape index (κ1) is 20.6. The lowest BCUT2D eigenvalue weighted by Crippen LogP contribution is -2.42. The summed E-state index contributed by atoms with van der Waals surface area (Å²) < 4.78 is 16.3. The monoisotopic (exact) mass is 368 g/mol. The smallest absolute Gasteiger partial charge is 0.377 e. The van der Waals surface area contributed by atoms with E-state index in [1.807, 2.05) is 0 Å². The summed E-state index contributed by atoms with van der Waals surface area (Å²) in [5.74, 6) is 0. The Labute approximate surface area is 135 Å². The van der Waals surface area contributed by atoms with Crippen LogP contribution in [0.3, 0.4) is 0 Å². The van der Waals surface area contributed by atoms with Crippen LogP contribution in [0.4, 0.5) is 0 Å². The fourth-order valence-electron chi connectivity index (χ4n) is 2.41. The summed E-state index contributed by atoms with van der Waals surface area (Å²) >= 11 is 3.47. The highest BCUT2D eigenvalue weighted by atomic mass is 79.9. The Bertz CT molecular complexity index is 193. The van der Waals surface area contributed by atoms with Crippen LogP contribution in [0.25, 0.3) is 0 Å². The predicted molar refractivity (Wildman–Crippen MR) is 91.6 cm³/mol. The lowest BCUT2D eigenvalue weighted by molar-refractivity contribution is 0.122. The number of hydrogen-bond acceptors (Lipinski definition) is 3. The average molecular weight is 369 g/mol. The molecule has 0 radical (unpaired) electrons. The van der Waals surface area contributed by atoms with Crippen molar-refractivity contribution in [2.24, 2.45) is 0 Å². The SMILES string of the molecule is CO[Si](CCCCCCCCCCCCBr)(OC)OC. The van der Waals surface area contributed by atoms with Crippen molar-refractivity contribution in [1.82, 2.24) is 0 Å². The molecule has 0 aromatic heterocycles. The van der Waals surface area contributed by atoms with Crippen molar-refractivity contribution in [2.75, 3.05) is 26.7 Å². The largest absolute Gasteiger partial charge is 0.500 e. The summed E-state index contributed by atoms with van der Waals surface area (Å²) in [6, 6.07) is 0.934. The van der Waals surface area contributed by atoms with Crippen LogP contribution < -0.4 is 0 Å². The molecule has 5 heteroatoms. The van der Waals surface area contributed by atoms with E-state index in [-0.39, 0.29) is 0 Å². The van der Waals surface area contributed by atoms with Gasteiger partial charge in [-0.15, -0.1) is 0 Å². The van der Waals surface area contributed by atoms with Gasteiger partial charge in [0.2, 0.25) is 0 Å². The van der Waals surface area contributed by atoms with Crippen LogP contribution in [-0.2, 0) is 13.3 Å². The second-order valence-electron chi connectivity index (χ2n) is 5.27. The Morgan fingerprint density at radius 3 is 1.30 bits per heavy atom. The molecular formula is C15H33BrO3Si. The van der Waals surface area contributed by atoms with Crippen LogP contribution >= 0.6 is 15.9 Å². The molecule has 0 rings (SSSR count). The van der Waals surface area contributed by atoms with Crippen molar-refractivity contribution in [3.8, 4) is 0 Å². The highest BCUT2D eigenvalue weighted by Crippen LogP contribution is 2.18. The quantitative estimate of drug-likeness (QED) is 0.227. The molecule has 0 spiro atoms. The first-order valence-corrected chi connectivity index (χ1v) is 11.0. The molecule has 0 atom stereocenters. The Balaban J connectivity index is 3.32. The molecule has 0 amide bonds. The van der Waals surface area contributed by atoms with Crippen molar-refractivity contribution >= 4 is 24.7 Å². The fraction of sp³-hybridized carbons (Fsp3) is 1.00. The molecule has 0 aliphatic heterocycles. The molecular weight excluding hydrogens is 336 g/mol. The summed E-state index contributed by atoms with van der Waals surface area (Å²) in [4.78, 5) is 0. The van der Waals surface area contributed by atoms with Crippen LogP contribution in [-0.4, -0.2) is 35.5 Å². The maximum Gasteiger partial charge on any atom is 0.500 e. The third-order valence-electron chi connectivity index (χ3n) is 3.80. The van der Waals surface area contributed by atoms with Crippen LogP contribution in [0.2, 0.25) is 6.04 Å². The van der Waals surface area contributed by atoms with E-state index in [1.54, 1.807) is 21.3 Å². The topological polar surface area (TPSA) is 27.7 Å². The summed E-state index contributed by atoms with van der Waals surface area (Å²) in [6.45, 7) is 0. The zero-order valence-corrected chi connectivity index (χ0v) is 16.2. The van der Waals surface area contributed by atoms with E-state index in [1.165, 1.54) is 57.8 Å². The van der Waals surface area contributed by atoms with Crippen molar-refractivity contribution in [3.05, 3.63) is 0 Å². The van der Waals surface area contributed by atoms with E-state index in [9.17, 15) is 0 Å². The molecule has 0 aliphatic rings. The second kappa shape index (κ2) is 14.5. The molecule has 0 unspecified atom stereocenters. The molecule has 0 bridgehead atoms. The van der Waals surface area contributed by atoms with Gasteiger partial charge in [-0.3, -0.25) is 0 Å². The maximum absolute atomic E-state index is 5.42. The Morgan fingerprint density at radius 1 is 0.600 bits per heavy atom. The lowest BCUT2D eigenvalue weighted by Gasteiger charge is -2.24. The van der Waals surface area contributed by atoms with Crippen molar-refractivity contribution in [1.29, 1.82) is 0 Å². The maximum atomic E-state index is 5.42. The number of unbranched alkanes of at least 4 members (excludes halogenated alkanes) is 9. The highest BCUT2D eigenvalue weighted by Gasteiger charge is 2.36. The van der Waals surface area contributed by atoms with Gasteiger partial charge in [-0.1, -0.05) is 67.3 Å². The van der Waals surface area contributed by atoms with Crippen LogP contribution in [0.15, 0.2) is 0 Å². The molecule has 3 nitrogen and oxygen atoms in total. The standard InChI is InChI=1S/C15H33BrO3Si/c1-17-20(18-2,19-3)15-13-11-9-7-5-4-6-8-10-12-14-16/h4-15H2,1-3H3. The Morgan fingerprint density at radius 2 is 0.950 bits per heavy atom. The molecule has 0 heterocycles. The van der Waals surface area contributed by atoms with Crippen molar-refractivity contribution in [2.45, 2.75) is 70.3 Å². The first-order valence-electron chi connectivity index (χ1n) is 7.96. The van der Waals surface area contributed by atoms with Crippen molar-refractivity contribution < 1.29 is 13.3 Å². The zero-order chi connectivity index (χ0) is 15.1. The van der Waals surface area contributed by atoms with E-state index in [0.717, 1.165) is 17.8 Å². The fourth-order valence-corrected chi connectivity index (χ4v) is 4.60. The summed E-state index contributed by atoms with van der Waals surface area (Å²) in [5, 5.41) is 1.15. The molecule has 0 aliphatic carbocycles.